The molecule has 0 saturated carbocycles. The molecule has 1 saturated heterocycles. The molecule has 6 nitrogen and oxygen atoms in total. The van der Waals surface area contributed by atoms with E-state index in [0.717, 1.165) is 11.3 Å². The molecule has 1 fully saturated rings. The summed E-state index contributed by atoms with van der Waals surface area (Å²) in [4.78, 5) is 22.0. The van der Waals surface area contributed by atoms with Gasteiger partial charge >= 0.3 is 6.09 Å². The molecule has 1 heterocycles. The van der Waals surface area contributed by atoms with Crippen molar-refractivity contribution in [3.63, 3.8) is 0 Å². The number of hydrogen-bond acceptors (Lipinski definition) is 3. The van der Waals surface area contributed by atoms with Gasteiger partial charge in [-0.25, -0.2) is 4.79 Å². The van der Waals surface area contributed by atoms with Crippen LogP contribution in [0.2, 0.25) is 0 Å². The lowest BCUT2D eigenvalue weighted by atomic mass is 9.95. The Morgan fingerprint density at radius 3 is 2.67 bits per heavy atom. The van der Waals surface area contributed by atoms with Crippen molar-refractivity contribution >= 4 is 12.0 Å². The summed E-state index contributed by atoms with van der Waals surface area (Å²) < 4.78 is 5.05. The fourth-order valence-corrected chi connectivity index (χ4v) is 2.08. The van der Waals surface area contributed by atoms with E-state index < -0.39 is 12.3 Å². The summed E-state index contributed by atoms with van der Waals surface area (Å²) in [6.45, 7) is 0. The Labute approximate surface area is 104 Å². The summed E-state index contributed by atoms with van der Waals surface area (Å²) in [7, 11) is 1.57. The average Bonchev–Trinajstić information content (AvgIpc) is 2.69. The quantitative estimate of drug-likeness (QED) is 0.743. The zero-order chi connectivity index (χ0) is 13.1. The molecule has 2 unspecified atom stereocenters. The zero-order valence-corrected chi connectivity index (χ0v) is 9.84. The third kappa shape index (κ3) is 2.53. The molecule has 1 aliphatic rings. The first-order valence-electron chi connectivity index (χ1n) is 5.53. The highest BCUT2D eigenvalue weighted by atomic mass is 16.5. The highest BCUT2D eigenvalue weighted by molar-refractivity contribution is 5.81. The van der Waals surface area contributed by atoms with Gasteiger partial charge in [0.25, 0.3) is 0 Å². The Kier molecular flexibility index (Phi) is 3.36. The van der Waals surface area contributed by atoms with E-state index in [9.17, 15) is 9.59 Å². The molecule has 2 atom stereocenters. The van der Waals surface area contributed by atoms with Gasteiger partial charge in [0, 0.05) is 12.3 Å². The number of methoxy groups -OCH3 is 1. The van der Waals surface area contributed by atoms with Crippen molar-refractivity contribution in [3.05, 3.63) is 29.8 Å². The van der Waals surface area contributed by atoms with Gasteiger partial charge in [0.05, 0.1) is 7.11 Å². The first-order valence-corrected chi connectivity index (χ1v) is 5.53. The lowest BCUT2D eigenvalue weighted by Gasteiger charge is -2.19. The Hall–Kier alpha value is -2.24. The molecule has 6 heteroatoms. The van der Waals surface area contributed by atoms with Crippen molar-refractivity contribution in [2.24, 2.45) is 0 Å². The van der Waals surface area contributed by atoms with Crippen molar-refractivity contribution in [2.75, 3.05) is 7.11 Å². The number of amides is 2. The molecule has 1 aromatic rings. The molecular weight excluding hydrogens is 236 g/mol. The largest absolute Gasteiger partial charge is 0.497 e. The zero-order valence-electron chi connectivity index (χ0n) is 9.84. The second-order valence-electron chi connectivity index (χ2n) is 4.08. The fourth-order valence-electron chi connectivity index (χ4n) is 2.08. The van der Waals surface area contributed by atoms with Gasteiger partial charge in [-0.2, -0.15) is 0 Å². The van der Waals surface area contributed by atoms with Crippen molar-refractivity contribution < 1.29 is 19.4 Å². The standard InChI is InChI=1S/C12H14N2O4/c1-18-8-4-2-7(3-5-8)9-6-10(15)13-11(9)14-12(16)17/h2-5,9,11,14H,6H2,1H3,(H,13,15)(H,16,17). The lowest BCUT2D eigenvalue weighted by Crippen LogP contribution is -2.44. The lowest BCUT2D eigenvalue weighted by molar-refractivity contribution is -0.119. The molecule has 1 aromatic carbocycles. The van der Waals surface area contributed by atoms with E-state index in [2.05, 4.69) is 10.6 Å². The molecule has 0 bridgehead atoms. The van der Waals surface area contributed by atoms with Crippen LogP contribution in [0.15, 0.2) is 24.3 Å². The molecule has 0 aliphatic carbocycles. The summed E-state index contributed by atoms with van der Waals surface area (Å²) >= 11 is 0. The maximum atomic E-state index is 11.4. The van der Waals surface area contributed by atoms with Crippen LogP contribution < -0.4 is 15.4 Å². The third-order valence-electron chi connectivity index (χ3n) is 2.95. The van der Waals surface area contributed by atoms with Crippen LogP contribution in [-0.2, 0) is 4.79 Å². The van der Waals surface area contributed by atoms with Gasteiger partial charge in [-0.3, -0.25) is 4.79 Å². The van der Waals surface area contributed by atoms with Gasteiger partial charge in [0.15, 0.2) is 0 Å². The molecule has 3 N–H and O–H groups in total. The molecule has 18 heavy (non-hydrogen) atoms. The predicted octanol–water partition coefficient (Wildman–Crippen LogP) is 0.892. The molecule has 1 aliphatic heterocycles. The highest BCUT2D eigenvalue weighted by Gasteiger charge is 2.34. The summed E-state index contributed by atoms with van der Waals surface area (Å²) in [6, 6.07) is 7.24. The maximum Gasteiger partial charge on any atom is 0.406 e. The molecule has 0 spiro atoms. The minimum Gasteiger partial charge on any atom is -0.497 e. The SMILES string of the molecule is COc1ccc(C2CC(=O)NC2NC(=O)O)cc1. The first kappa shape index (κ1) is 12.2. The third-order valence-corrected chi connectivity index (χ3v) is 2.95. The highest BCUT2D eigenvalue weighted by Crippen LogP contribution is 2.28. The normalized spacial score (nSPS) is 22.4. The van der Waals surface area contributed by atoms with Crippen LogP contribution in [0.5, 0.6) is 5.75 Å². The summed E-state index contributed by atoms with van der Waals surface area (Å²) in [5.74, 6) is 0.368. The van der Waals surface area contributed by atoms with E-state index in [1.54, 1.807) is 19.2 Å². The van der Waals surface area contributed by atoms with E-state index in [-0.39, 0.29) is 18.2 Å². The van der Waals surface area contributed by atoms with Crippen LogP contribution in [0, 0.1) is 0 Å². The number of rotatable bonds is 3. The second kappa shape index (κ2) is 4.95. The number of carbonyl (C=O) groups excluding carboxylic acids is 1. The van der Waals surface area contributed by atoms with Crippen LogP contribution in [0.4, 0.5) is 4.79 Å². The Morgan fingerprint density at radius 2 is 2.11 bits per heavy atom. The second-order valence-corrected chi connectivity index (χ2v) is 4.08. The van der Waals surface area contributed by atoms with Gasteiger partial charge in [-0.15, -0.1) is 0 Å². The van der Waals surface area contributed by atoms with E-state index in [1.165, 1.54) is 0 Å². The molecule has 2 rings (SSSR count). The summed E-state index contributed by atoms with van der Waals surface area (Å²) in [5.41, 5.74) is 0.896. The van der Waals surface area contributed by atoms with E-state index >= 15 is 0 Å². The molecule has 2 amide bonds. The minimum atomic E-state index is -1.15. The monoisotopic (exact) mass is 250 g/mol. The fraction of sp³-hybridized carbons (Fsp3) is 0.333. The number of hydrogen-bond donors (Lipinski definition) is 3. The number of ether oxygens (including phenoxy) is 1. The van der Waals surface area contributed by atoms with Crippen molar-refractivity contribution in [3.8, 4) is 5.75 Å². The first-order chi connectivity index (χ1) is 8.60. The summed E-state index contributed by atoms with van der Waals surface area (Å²) in [6.07, 6.45) is -1.46. The van der Waals surface area contributed by atoms with Crippen LogP contribution in [0.25, 0.3) is 0 Å². The van der Waals surface area contributed by atoms with Crippen molar-refractivity contribution in [2.45, 2.75) is 18.5 Å². The van der Waals surface area contributed by atoms with Gasteiger partial charge in [-0.05, 0) is 17.7 Å². The Morgan fingerprint density at radius 1 is 1.44 bits per heavy atom. The number of benzene rings is 1. The van der Waals surface area contributed by atoms with Crippen molar-refractivity contribution in [1.29, 1.82) is 0 Å². The van der Waals surface area contributed by atoms with Crippen LogP contribution >= 0.6 is 0 Å². The average molecular weight is 250 g/mol. The maximum absolute atomic E-state index is 11.4. The number of carboxylic acid groups (broad SMARTS) is 1. The van der Waals surface area contributed by atoms with Crippen LogP contribution in [-0.4, -0.2) is 30.4 Å². The molecule has 96 valence electrons. The smallest absolute Gasteiger partial charge is 0.406 e. The van der Waals surface area contributed by atoms with Crippen molar-refractivity contribution in [1.82, 2.24) is 10.6 Å². The molecular formula is C12H14N2O4. The molecule has 0 aromatic heterocycles. The van der Waals surface area contributed by atoms with E-state index in [4.69, 9.17) is 9.84 Å². The predicted molar refractivity (Wildman–Crippen MR) is 63.4 cm³/mol. The topological polar surface area (TPSA) is 87.7 Å². The molecule has 0 radical (unpaired) electrons. The van der Waals surface area contributed by atoms with Gasteiger partial charge in [-0.1, -0.05) is 12.1 Å². The Bertz CT molecular complexity index is 458. The van der Waals surface area contributed by atoms with E-state index in [1.807, 2.05) is 12.1 Å². The van der Waals surface area contributed by atoms with Crippen LogP contribution in [0.1, 0.15) is 17.9 Å². The van der Waals surface area contributed by atoms with Gasteiger partial charge < -0.3 is 20.5 Å². The minimum absolute atomic E-state index is 0.158. The van der Waals surface area contributed by atoms with E-state index in [0.29, 0.717) is 0 Å². The van der Waals surface area contributed by atoms with Gasteiger partial charge in [0.2, 0.25) is 5.91 Å². The number of nitrogens with one attached hydrogen (secondary N) is 2. The van der Waals surface area contributed by atoms with Gasteiger partial charge in [0.1, 0.15) is 11.9 Å². The van der Waals surface area contributed by atoms with Crippen LogP contribution in [0.3, 0.4) is 0 Å². The summed E-state index contributed by atoms with van der Waals surface area (Å²) in [5, 5.41) is 13.6. The number of carbonyl (C=O) groups is 2. The Balaban J connectivity index is 2.18.